The summed E-state index contributed by atoms with van der Waals surface area (Å²) in [4.78, 5) is 0. The van der Waals surface area contributed by atoms with E-state index in [0.29, 0.717) is 6.04 Å². The summed E-state index contributed by atoms with van der Waals surface area (Å²) in [7, 11) is 0. The van der Waals surface area contributed by atoms with Gasteiger partial charge in [0.2, 0.25) is 0 Å². The molecule has 6 heteroatoms. The van der Waals surface area contributed by atoms with Crippen LogP contribution in [0.5, 0.6) is 5.75 Å². The van der Waals surface area contributed by atoms with Crippen molar-refractivity contribution in [1.82, 2.24) is 5.32 Å². The summed E-state index contributed by atoms with van der Waals surface area (Å²) < 4.78 is 39.7. The Labute approximate surface area is 103 Å². The number of ether oxygens (including phenoxy) is 1. The van der Waals surface area contributed by atoms with Gasteiger partial charge in [0.25, 0.3) is 0 Å². The second-order valence-electron chi connectivity index (χ2n) is 4.26. The Morgan fingerprint density at radius 2 is 1.94 bits per heavy atom. The molecule has 0 aliphatic carbocycles. The maximum atomic E-state index is 12.0. The molecule has 1 saturated heterocycles. The van der Waals surface area contributed by atoms with E-state index in [1.54, 1.807) is 12.1 Å². The van der Waals surface area contributed by atoms with Crippen LogP contribution >= 0.6 is 0 Å². The molecule has 2 N–H and O–H groups in total. The minimum Gasteiger partial charge on any atom is -0.406 e. The Kier molecular flexibility index (Phi) is 3.96. The highest BCUT2D eigenvalue weighted by molar-refractivity contribution is 5.47. The number of hydrogen-bond donors (Lipinski definition) is 2. The normalized spacial score (nSPS) is 20.5. The Bertz CT molecular complexity index is 372. The molecule has 1 fully saturated rings. The van der Waals surface area contributed by atoms with Crippen LogP contribution in [0.25, 0.3) is 0 Å². The van der Waals surface area contributed by atoms with Crippen LogP contribution in [-0.2, 0) is 0 Å². The molecule has 1 aromatic carbocycles. The smallest absolute Gasteiger partial charge is 0.406 e. The minimum atomic E-state index is -4.64. The van der Waals surface area contributed by atoms with Crippen molar-refractivity contribution in [2.75, 3.05) is 18.4 Å². The summed E-state index contributed by atoms with van der Waals surface area (Å²) >= 11 is 0. The zero-order chi connectivity index (χ0) is 13.0. The summed E-state index contributed by atoms with van der Waals surface area (Å²) in [6, 6.07) is 6.14. The van der Waals surface area contributed by atoms with Gasteiger partial charge < -0.3 is 15.4 Å². The standard InChI is InChI=1S/C12H15F3N2O/c13-12(14,15)18-11-5-3-9(4-6-11)17-10-2-1-7-16-8-10/h3-6,10,16-17H,1-2,7-8H2. The Morgan fingerprint density at radius 1 is 1.22 bits per heavy atom. The molecule has 0 aromatic heterocycles. The molecule has 1 heterocycles. The molecule has 1 aromatic rings. The lowest BCUT2D eigenvalue weighted by Gasteiger charge is -2.24. The lowest BCUT2D eigenvalue weighted by molar-refractivity contribution is -0.274. The number of benzene rings is 1. The van der Waals surface area contributed by atoms with Crippen LogP contribution < -0.4 is 15.4 Å². The van der Waals surface area contributed by atoms with E-state index in [4.69, 9.17) is 0 Å². The van der Waals surface area contributed by atoms with Gasteiger partial charge in [0.15, 0.2) is 0 Å². The van der Waals surface area contributed by atoms with E-state index >= 15 is 0 Å². The highest BCUT2D eigenvalue weighted by Crippen LogP contribution is 2.24. The predicted octanol–water partition coefficient (Wildman–Crippen LogP) is 2.75. The first-order chi connectivity index (χ1) is 8.53. The van der Waals surface area contributed by atoms with Gasteiger partial charge in [-0.25, -0.2) is 0 Å². The Morgan fingerprint density at radius 3 is 2.50 bits per heavy atom. The summed E-state index contributed by atoms with van der Waals surface area (Å²) in [5, 5.41) is 6.53. The molecule has 1 aliphatic heterocycles. The third-order valence-corrected chi connectivity index (χ3v) is 2.76. The van der Waals surface area contributed by atoms with E-state index in [-0.39, 0.29) is 5.75 Å². The van der Waals surface area contributed by atoms with Crippen LogP contribution in [0, 0.1) is 0 Å². The molecule has 0 bridgehead atoms. The van der Waals surface area contributed by atoms with Crippen molar-refractivity contribution in [2.24, 2.45) is 0 Å². The van der Waals surface area contributed by atoms with Crippen molar-refractivity contribution in [1.29, 1.82) is 0 Å². The Balaban J connectivity index is 1.90. The fraction of sp³-hybridized carbons (Fsp3) is 0.500. The molecule has 18 heavy (non-hydrogen) atoms. The molecule has 100 valence electrons. The average Bonchev–Trinajstić information content (AvgIpc) is 2.31. The number of piperidine rings is 1. The van der Waals surface area contributed by atoms with Gasteiger partial charge in [-0.05, 0) is 43.7 Å². The maximum Gasteiger partial charge on any atom is 0.573 e. The van der Waals surface area contributed by atoms with Gasteiger partial charge in [0, 0.05) is 18.3 Å². The molecule has 0 radical (unpaired) electrons. The predicted molar refractivity (Wildman–Crippen MR) is 62.6 cm³/mol. The second kappa shape index (κ2) is 5.48. The first-order valence-corrected chi connectivity index (χ1v) is 5.86. The van der Waals surface area contributed by atoms with Gasteiger partial charge in [0.1, 0.15) is 5.75 Å². The molecule has 0 saturated carbocycles. The molecule has 1 unspecified atom stereocenters. The molecule has 1 atom stereocenters. The first-order valence-electron chi connectivity index (χ1n) is 5.86. The van der Waals surface area contributed by atoms with E-state index in [9.17, 15) is 13.2 Å². The third kappa shape index (κ3) is 4.10. The highest BCUT2D eigenvalue weighted by atomic mass is 19.4. The molecular formula is C12H15F3N2O. The van der Waals surface area contributed by atoms with Crippen LogP contribution in [-0.4, -0.2) is 25.5 Å². The van der Waals surface area contributed by atoms with Crippen LogP contribution in [0.15, 0.2) is 24.3 Å². The summed E-state index contributed by atoms with van der Waals surface area (Å²) in [6.07, 6.45) is -2.47. The molecule has 0 spiro atoms. The van der Waals surface area contributed by atoms with Gasteiger partial charge in [-0.3, -0.25) is 0 Å². The zero-order valence-corrected chi connectivity index (χ0v) is 9.76. The first kappa shape index (κ1) is 13.0. The molecule has 3 nitrogen and oxygen atoms in total. The van der Waals surface area contributed by atoms with E-state index in [1.165, 1.54) is 12.1 Å². The van der Waals surface area contributed by atoms with Crippen molar-refractivity contribution in [3.63, 3.8) is 0 Å². The van der Waals surface area contributed by atoms with E-state index in [1.807, 2.05) is 0 Å². The summed E-state index contributed by atoms with van der Waals surface area (Å²) in [6.45, 7) is 1.90. The number of alkyl halides is 3. The zero-order valence-electron chi connectivity index (χ0n) is 9.76. The Hall–Kier alpha value is -1.43. The number of nitrogens with one attached hydrogen (secondary N) is 2. The monoisotopic (exact) mass is 260 g/mol. The van der Waals surface area contributed by atoms with Crippen molar-refractivity contribution < 1.29 is 17.9 Å². The van der Waals surface area contributed by atoms with E-state index < -0.39 is 6.36 Å². The third-order valence-electron chi connectivity index (χ3n) is 2.76. The topological polar surface area (TPSA) is 33.3 Å². The summed E-state index contributed by atoms with van der Waals surface area (Å²) in [5.41, 5.74) is 0.804. The molecule has 2 rings (SSSR count). The largest absolute Gasteiger partial charge is 0.573 e. The van der Waals surface area contributed by atoms with E-state index in [0.717, 1.165) is 31.6 Å². The van der Waals surface area contributed by atoms with Gasteiger partial charge >= 0.3 is 6.36 Å². The molecule has 1 aliphatic rings. The fourth-order valence-electron chi connectivity index (χ4n) is 1.96. The van der Waals surface area contributed by atoms with Crippen molar-refractivity contribution in [3.8, 4) is 5.75 Å². The van der Waals surface area contributed by atoms with Crippen LogP contribution in [0.2, 0.25) is 0 Å². The number of rotatable bonds is 3. The highest BCUT2D eigenvalue weighted by Gasteiger charge is 2.30. The average molecular weight is 260 g/mol. The maximum absolute atomic E-state index is 12.0. The molecular weight excluding hydrogens is 245 g/mol. The minimum absolute atomic E-state index is 0.199. The second-order valence-corrected chi connectivity index (χ2v) is 4.26. The van der Waals surface area contributed by atoms with Crippen molar-refractivity contribution >= 4 is 5.69 Å². The number of anilines is 1. The number of hydrogen-bond acceptors (Lipinski definition) is 3. The lowest BCUT2D eigenvalue weighted by Crippen LogP contribution is -2.38. The van der Waals surface area contributed by atoms with Crippen LogP contribution in [0.4, 0.5) is 18.9 Å². The van der Waals surface area contributed by atoms with Gasteiger partial charge in [-0.2, -0.15) is 0 Å². The van der Waals surface area contributed by atoms with Crippen LogP contribution in [0.1, 0.15) is 12.8 Å². The SMILES string of the molecule is FC(F)(F)Oc1ccc(NC2CCCNC2)cc1. The fourth-order valence-corrected chi connectivity index (χ4v) is 1.96. The van der Waals surface area contributed by atoms with Crippen LogP contribution in [0.3, 0.4) is 0 Å². The van der Waals surface area contributed by atoms with Gasteiger partial charge in [-0.15, -0.1) is 13.2 Å². The summed E-state index contributed by atoms with van der Waals surface area (Å²) in [5.74, 6) is -0.199. The lowest BCUT2D eigenvalue weighted by atomic mass is 10.1. The van der Waals surface area contributed by atoms with E-state index in [2.05, 4.69) is 15.4 Å². The van der Waals surface area contributed by atoms with Crippen molar-refractivity contribution in [2.45, 2.75) is 25.2 Å². The number of halogens is 3. The van der Waals surface area contributed by atoms with Gasteiger partial charge in [0.05, 0.1) is 0 Å². The van der Waals surface area contributed by atoms with Crippen molar-refractivity contribution in [3.05, 3.63) is 24.3 Å². The quantitative estimate of drug-likeness (QED) is 0.876. The molecule has 0 amide bonds. The van der Waals surface area contributed by atoms with Gasteiger partial charge in [-0.1, -0.05) is 0 Å².